The highest BCUT2D eigenvalue weighted by Gasteiger charge is 2.15. The zero-order valence-electron chi connectivity index (χ0n) is 8.17. The molecule has 0 saturated heterocycles. The standard InChI is InChI=1S/C8H8N4O3/c1-14-6-3-7-9-10-11-12(7)4-5(6)8(13)15-2/h3-4H,1-2H3. The van der Waals surface area contributed by atoms with E-state index in [1.54, 1.807) is 6.07 Å². The zero-order valence-corrected chi connectivity index (χ0v) is 8.17. The van der Waals surface area contributed by atoms with E-state index in [0.717, 1.165) is 0 Å². The fraction of sp³-hybridized carbons (Fsp3) is 0.250. The molecule has 0 bridgehead atoms. The van der Waals surface area contributed by atoms with Crippen molar-refractivity contribution in [2.45, 2.75) is 0 Å². The summed E-state index contributed by atoms with van der Waals surface area (Å²) in [6, 6.07) is 1.56. The summed E-state index contributed by atoms with van der Waals surface area (Å²) in [5, 5.41) is 10.8. The second-order valence-corrected chi connectivity index (χ2v) is 2.73. The van der Waals surface area contributed by atoms with Gasteiger partial charge in [-0.2, -0.15) is 4.52 Å². The Hall–Kier alpha value is -2.18. The number of rotatable bonds is 2. The molecule has 2 heterocycles. The van der Waals surface area contributed by atoms with Crippen LogP contribution in [0.15, 0.2) is 12.3 Å². The van der Waals surface area contributed by atoms with Crippen molar-refractivity contribution in [3.8, 4) is 5.75 Å². The molecule has 2 aromatic heterocycles. The molecule has 0 aliphatic rings. The van der Waals surface area contributed by atoms with Crippen molar-refractivity contribution in [2.75, 3.05) is 14.2 Å². The number of nitrogens with zero attached hydrogens (tertiary/aromatic N) is 4. The normalized spacial score (nSPS) is 10.3. The SMILES string of the molecule is COC(=O)c1cn2nnnc2cc1OC. The number of carbonyl (C=O) groups excluding carboxylic acids is 1. The Kier molecular flexibility index (Phi) is 2.20. The lowest BCUT2D eigenvalue weighted by molar-refractivity contribution is 0.0596. The van der Waals surface area contributed by atoms with Gasteiger partial charge in [0.2, 0.25) is 0 Å². The molecule has 0 N–H and O–H groups in total. The van der Waals surface area contributed by atoms with Crippen LogP contribution in [0.1, 0.15) is 10.4 Å². The van der Waals surface area contributed by atoms with E-state index in [1.165, 1.54) is 24.9 Å². The number of carbonyl (C=O) groups is 1. The Bertz CT molecular complexity index is 508. The van der Waals surface area contributed by atoms with Gasteiger partial charge in [0.1, 0.15) is 11.3 Å². The fourth-order valence-corrected chi connectivity index (χ4v) is 1.20. The van der Waals surface area contributed by atoms with Crippen molar-refractivity contribution in [1.82, 2.24) is 20.0 Å². The fourth-order valence-electron chi connectivity index (χ4n) is 1.20. The summed E-state index contributed by atoms with van der Waals surface area (Å²) in [6.45, 7) is 0. The second kappa shape index (κ2) is 3.52. The second-order valence-electron chi connectivity index (χ2n) is 2.73. The van der Waals surface area contributed by atoms with Crippen LogP contribution in [0.2, 0.25) is 0 Å². The average Bonchev–Trinajstić information content (AvgIpc) is 2.73. The van der Waals surface area contributed by atoms with Gasteiger partial charge in [0.05, 0.1) is 20.4 Å². The van der Waals surface area contributed by atoms with E-state index in [9.17, 15) is 4.79 Å². The molecule has 2 rings (SSSR count). The number of fused-ring (bicyclic) bond motifs is 1. The third kappa shape index (κ3) is 1.47. The zero-order chi connectivity index (χ0) is 10.8. The summed E-state index contributed by atoms with van der Waals surface area (Å²) in [4.78, 5) is 11.4. The molecule has 0 fully saturated rings. The van der Waals surface area contributed by atoms with Crippen LogP contribution in [0.4, 0.5) is 0 Å². The maximum absolute atomic E-state index is 11.4. The smallest absolute Gasteiger partial charge is 0.343 e. The number of esters is 1. The van der Waals surface area contributed by atoms with E-state index in [0.29, 0.717) is 11.4 Å². The highest BCUT2D eigenvalue weighted by molar-refractivity contribution is 5.92. The minimum atomic E-state index is -0.496. The molecular formula is C8H8N4O3. The lowest BCUT2D eigenvalue weighted by atomic mass is 10.2. The van der Waals surface area contributed by atoms with Crippen molar-refractivity contribution in [3.63, 3.8) is 0 Å². The van der Waals surface area contributed by atoms with Gasteiger partial charge in [-0.05, 0) is 10.4 Å². The van der Waals surface area contributed by atoms with Crippen LogP contribution in [0.3, 0.4) is 0 Å². The molecule has 0 spiro atoms. The molecule has 78 valence electrons. The van der Waals surface area contributed by atoms with Crippen molar-refractivity contribution in [3.05, 3.63) is 17.8 Å². The maximum Gasteiger partial charge on any atom is 0.343 e. The number of aromatic nitrogens is 4. The van der Waals surface area contributed by atoms with Crippen LogP contribution in [0, 0.1) is 0 Å². The molecule has 0 aliphatic heterocycles. The average molecular weight is 208 g/mol. The third-order valence-corrected chi connectivity index (χ3v) is 1.92. The number of tetrazole rings is 1. The highest BCUT2D eigenvalue weighted by Crippen LogP contribution is 2.19. The number of hydrogen-bond acceptors (Lipinski definition) is 6. The molecule has 2 aromatic rings. The molecule has 0 unspecified atom stereocenters. The van der Waals surface area contributed by atoms with Crippen molar-refractivity contribution < 1.29 is 14.3 Å². The van der Waals surface area contributed by atoms with E-state index in [1.807, 2.05) is 0 Å². The van der Waals surface area contributed by atoms with Gasteiger partial charge >= 0.3 is 5.97 Å². The molecule has 0 radical (unpaired) electrons. The minimum Gasteiger partial charge on any atom is -0.496 e. The first-order chi connectivity index (χ1) is 7.26. The third-order valence-electron chi connectivity index (χ3n) is 1.92. The quantitative estimate of drug-likeness (QED) is 0.642. The number of ether oxygens (including phenoxy) is 2. The van der Waals surface area contributed by atoms with Gasteiger partial charge in [-0.25, -0.2) is 4.79 Å². The van der Waals surface area contributed by atoms with Gasteiger partial charge in [-0.1, -0.05) is 0 Å². The molecule has 7 nitrogen and oxygen atoms in total. The van der Waals surface area contributed by atoms with Crippen molar-refractivity contribution in [1.29, 1.82) is 0 Å². The lowest BCUT2D eigenvalue weighted by Crippen LogP contribution is -2.06. The molecule has 7 heteroatoms. The van der Waals surface area contributed by atoms with E-state index >= 15 is 0 Å². The first kappa shape index (κ1) is 9.38. The summed E-state index contributed by atoms with van der Waals surface area (Å²) in [5.74, 6) is -0.117. The van der Waals surface area contributed by atoms with Gasteiger partial charge in [0.15, 0.2) is 5.65 Å². The van der Waals surface area contributed by atoms with Crippen LogP contribution < -0.4 is 4.74 Å². The first-order valence-electron chi connectivity index (χ1n) is 4.10. The topological polar surface area (TPSA) is 78.6 Å². The summed E-state index contributed by atoms with van der Waals surface area (Å²) < 4.78 is 11.0. The van der Waals surface area contributed by atoms with Gasteiger partial charge in [-0.15, -0.1) is 5.10 Å². The molecule has 0 saturated carbocycles. The first-order valence-corrected chi connectivity index (χ1v) is 4.10. The Balaban J connectivity index is 2.64. The molecular weight excluding hydrogens is 200 g/mol. The summed E-state index contributed by atoms with van der Waals surface area (Å²) in [5.41, 5.74) is 0.777. The van der Waals surface area contributed by atoms with Gasteiger partial charge < -0.3 is 9.47 Å². The van der Waals surface area contributed by atoms with E-state index in [2.05, 4.69) is 20.3 Å². The highest BCUT2D eigenvalue weighted by atomic mass is 16.5. The molecule has 0 aliphatic carbocycles. The van der Waals surface area contributed by atoms with Gasteiger partial charge in [0.25, 0.3) is 0 Å². The van der Waals surface area contributed by atoms with Crippen LogP contribution in [-0.2, 0) is 4.74 Å². The predicted molar refractivity (Wildman–Crippen MR) is 48.7 cm³/mol. The Labute approximate surface area is 84.6 Å². The maximum atomic E-state index is 11.4. The summed E-state index contributed by atoms with van der Waals surface area (Å²) in [7, 11) is 2.76. The Morgan fingerprint density at radius 1 is 1.47 bits per heavy atom. The largest absolute Gasteiger partial charge is 0.496 e. The van der Waals surface area contributed by atoms with Crippen molar-refractivity contribution in [2.24, 2.45) is 0 Å². The Morgan fingerprint density at radius 3 is 2.93 bits per heavy atom. The summed E-state index contributed by atoms with van der Waals surface area (Å²) >= 11 is 0. The number of hydrogen-bond donors (Lipinski definition) is 0. The van der Waals surface area contributed by atoms with Crippen LogP contribution in [0.25, 0.3) is 5.65 Å². The van der Waals surface area contributed by atoms with E-state index in [4.69, 9.17) is 4.74 Å². The minimum absolute atomic E-state index is 0.278. The molecule has 0 atom stereocenters. The van der Waals surface area contributed by atoms with Crippen LogP contribution in [0.5, 0.6) is 5.75 Å². The number of pyridine rings is 1. The van der Waals surface area contributed by atoms with Gasteiger partial charge in [0, 0.05) is 6.07 Å². The predicted octanol–water partition coefficient (Wildman–Crippen LogP) is -0.0805. The Morgan fingerprint density at radius 2 is 2.27 bits per heavy atom. The summed E-state index contributed by atoms with van der Waals surface area (Å²) in [6.07, 6.45) is 1.46. The van der Waals surface area contributed by atoms with E-state index < -0.39 is 5.97 Å². The van der Waals surface area contributed by atoms with Crippen LogP contribution in [-0.4, -0.2) is 40.2 Å². The van der Waals surface area contributed by atoms with Gasteiger partial charge in [-0.3, -0.25) is 0 Å². The lowest BCUT2D eigenvalue weighted by Gasteiger charge is -2.05. The molecule has 0 amide bonds. The monoisotopic (exact) mass is 208 g/mol. The number of methoxy groups -OCH3 is 2. The van der Waals surface area contributed by atoms with Crippen LogP contribution >= 0.6 is 0 Å². The van der Waals surface area contributed by atoms with Crippen molar-refractivity contribution >= 4 is 11.6 Å². The molecule has 15 heavy (non-hydrogen) atoms. The van der Waals surface area contributed by atoms with E-state index in [-0.39, 0.29) is 5.56 Å². The molecule has 0 aromatic carbocycles.